The molecule has 0 radical (unpaired) electrons. The van der Waals surface area contributed by atoms with E-state index in [0.717, 1.165) is 0 Å². The topological polar surface area (TPSA) is 90.9 Å². The molecule has 0 atom stereocenters. The van der Waals surface area contributed by atoms with E-state index >= 15 is 0 Å². The van der Waals surface area contributed by atoms with Gasteiger partial charge in [-0.2, -0.15) is 0 Å². The van der Waals surface area contributed by atoms with E-state index in [1.807, 2.05) is 0 Å². The number of carbonyl (C=O) groups is 1. The van der Waals surface area contributed by atoms with Crippen LogP contribution in [0, 0.1) is 0 Å². The molecule has 2 aromatic rings. The van der Waals surface area contributed by atoms with Crippen LogP contribution in [0.15, 0.2) is 47.4 Å². The second kappa shape index (κ2) is 8.09. The summed E-state index contributed by atoms with van der Waals surface area (Å²) in [6.07, 6.45) is -0.288. The van der Waals surface area contributed by atoms with Crippen LogP contribution in [0.1, 0.15) is 24.2 Å². The maximum Gasteiger partial charge on any atom is 0.338 e. The molecule has 0 spiro atoms. The van der Waals surface area contributed by atoms with E-state index in [4.69, 9.17) is 14.2 Å². The van der Waals surface area contributed by atoms with Gasteiger partial charge >= 0.3 is 5.97 Å². The zero-order valence-corrected chi connectivity index (χ0v) is 15.8. The van der Waals surface area contributed by atoms with Crippen LogP contribution in [0.3, 0.4) is 0 Å². The molecule has 0 saturated carbocycles. The van der Waals surface area contributed by atoms with Gasteiger partial charge in [-0.05, 0) is 56.3 Å². The summed E-state index contributed by atoms with van der Waals surface area (Å²) in [5.41, 5.74) is 0.355. The molecule has 0 heterocycles. The van der Waals surface area contributed by atoms with Crippen LogP contribution >= 0.6 is 0 Å². The number of esters is 1. The zero-order valence-electron chi connectivity index (χ0n) is 15.0. The summed E-state index contributed by atoms with van der Waals surface area (Å²) in [6, 6.07) is 10.3. The highest BCUT2D eigenvalue weighted by molar-refractivity contribution is 7.92. The number of hydrogen-bond donors (Lipinski definition) is 1. The van der Waals surface area contributed by atoms with Crippen LogP contribution in [0.5, 0.6) is 11.5 Å². The third-order valence-corrected chi connectivity index (χ3v) is 4.77. The molecule has 0 aliphatic rings. The van der Waals surface area contributed by atoms with Gasteiger partial charge in [0.2, 0.25) is 0 Å². The highest BCUT2D eigenvalue weighted by atomic mass is 32.2. The minimum atomic E-state index is -3.87. The Kier molecular flexibility index (Phi) is 6.10. The van der Waals surface area contributed by atoms with E-state index in [1.54, 1.807) is 26.0 Å². The lowest BCUT2D eigenvalue weighted by atomic mass is 10.2. The highest BCUT2D eigenvalue weighted by Crippen LogP contribution is 2.29. The minimum absolute atomic E-state index is 0.0514. The van der Waals surface area contributed by atoms with Gasteiger partial charge < -0.3 is 14.2 Å². The molecule has 2 rings (SSSR count). The van der Waals surface area contributed by atoms with E-state index in [9.17, 15) is 13.2 Å². The lowest BCUT2D eigenvalue weighted by Gasteiger charge is -2.14. The second-order valence-electron chi connectivity index (χ2n) is 5.65. The summed E-state index contributed by atoms with van der Waals surface area (Å²) < 4.78 is 43.0. The Bertz CT molecular complexity index is 875. The first kappa shape index (κ1) is 19.6. The summed E-state index contributed by atoms with van der Waals surface area (Å²) in [7, 11) is -0.970. The Morgan fingerprint density at radius 3 is 2.19 bits per heavy atom. The molecule has 0 bridgehead atoms. The maximum absolute atomic E-state index is 12.6. The van der Waals surface area contributed by atoms with E-state index in [0.29, 0.717) is 5.75 Å². The first-order valence-corrected chi connectivity index (χ1v) is 9.31. The zero-order chi connectivity index (χ0) is 19.3. The molecular formula is C18H21NO6S. The molecule has 0 aromatic heterocycles. The first-order valence-electron chi connectivity index (χ1n) is 7.82. The van der Waals surface area contributed by atoms with Gasteiger partial charge in [-0.3, -0.25) is 4.72 Å². The van der Waals surface area contributed by atoms with Crippen LogP contribution in [-0.2, 0) is 14.8 Å². The van der Waals surface area contributed by atoms with E-state index < -0.39 is 16.0 Å². The number of hydrogen-bond acceptors (Lipinski definition) is 6. The van der Waals surface area contributed by atoms with Crippen molar-refractivity contribution in [1.29, 1.82) is 0 Å². The monoisotopic (exact) mass is 379 g/mol. The standard InChI is InChI=1S/C18H21NO6S/c1-12(2)25-18(20)13-5-10-17(24-4)16(11-13)19-26(21,22)15-8-6-14(23-3)7-9-15/h5-12,19H,1-4H3. The fourth-order valence-electron chi connectivity index (χ4n) is 2.16. The van der Waals surface area contributed by atoms with Crippen LogP contribution in [0.4, 0.5) is 5.69 Å². The molecule has 26 heavy (non-hydrogen) atoms. The van der Waals surface area contributed by atoms with Crippen molar-refractivity contribution in [3.8, 4) is 11.5 Å². The van der Waals surface area contributed by atoms with E-state index in [2.05, 4.69) is 4.72 Å². The van der Waals surface area contributed by atoms with Gasteiger partial charge in [0.1, 0.15) is 11.5 Å². The van der Waals surface area contributed by atoms with Crippen molar-refractivity contribution >= 4 is 21.7 Å². The normalized spacial score (nSPS) is 11.1. The summed E-state index contributed by atoms with van der Waals surface area (Å²) in [6.45, 7) is 3.46. The third-order valence-electron chi connectivity index (χ3n) is 3.39. The number of sulfonamides is 1. The molecule has 0 fully saturated rings. The Morgan fingerprint density at radius 1 is 1.00 bits per heavy atom. The van der Waals surface area contributed by atoms with E-state index in [1.165, 1.54) is 44.6 Å². The Labute approximate surface area is 152 Å². The van der Waals surface area contributed by atoms with Crippen molar-refractivity contribution in [2.24, 2.45) is 0 Å². The molecule has 2 aromatic carbocycles. The number of nitrogens with one attached hydrogen (secondary N) is 1. The number of ether oxygens (including phenoxy) is 3. The lowest BCUT2D eigenvalue weighted by Crippen LogP contribution is -2.15. The number of methoxy groups -OCH3 is 2. The van der Waals surface area contributed by atoms with Crippen LogP contribution in [0.2, 0.25) is 0 Å². The van der Waals surface area contributed by atoms with Crippen molar-refractivity contribution in [3.63, 3.8) is 0 Å². The number of anilines is 1. The van der Waals surface area contributed by atoms with Crippen LogP contribution in [-0.4, -0.2) is 34.7 Å². The lowest BCUT2D eigenvalue weighted by molar-refractivity contribution is 0.0378. The molecule has 0 unspecified atom stereocenters. The van der Waals surface area contributed by atoms with Gasteiger partial charge in [0.25, 0.3) is 10.0 Å². The Hall–Kier alpha value is -2.74. The summed E-state index contributed by atoms with van der Waals surface area (Å²) in [4.78, 5) is 12.1. The summed E-state index contributed by atoms with van der Waals surface area (Å²) >= 11 is 0. The second-order valence-corrected chi connectivity index (χ2v) is 7.33. The van der Waals surface area contributed by atoms with Gasteiger partial charge in [-0.25, -0.2) is 13.2 Å². The third kappa shape index (κ3) is 4.66. The average molecular weight is 379 g/mol. The smallest absolute Gasteiger partial charge is 0.338 e. The molecule has 1 N–H and O–H groups in total. The fraction of sp³-hybridized carbons (Fsp3) is 0.278. The number of rotatable bonds is 7. The van der Waals surface area contributed by atoms with Gasteiger partial charge in [0.15, 0.2) is 0 Å². The molecule has 0 aliphatic heterocycles. The van der Waals surface area contributed by atoms with Gasteiger partial charge in [-0.15, -0.1) is 0 Å². The van der Waals surface area contributed by atoms with Gasteiger partial charge in [0, 0.05) is 0 Å². The largest absolute Gasteiger partial charge is 0.497 e. The predicted octanol–water partition coefficient (Wildman–Crippen LogP) is 3.07. The molecule has 0 aliphatic carbocycles. The van der Waals surface area contributed by atoms with Crippen LogP contribution < -0.4 is 14.2 Å². The molecule has 7 nitrogen and oxygen atoms in total. The van der Waals surface area contributed by atoms with Gasteiger partial charge in [-0.1, -0.05) is 0 Å². The number of carbonyl (C=O) groups excluding carboxylic acids is 1. The molecule has 140 valence electrons. The van der Waals surface area contributed by atoms with Crippen molar-refractivity contribution in [3.05, 3.63) is 48.0 Å². The molecule has 0 saturated heterocycles. The molecule has 8 heteroatoms. The predicted molar refractivity (Wildman–Crippen MR) is 97.3 cm³/mol. The molecular weight excluding hydrogens is 358 g/mol. The minimum Gasteiger partial charge on any atom is -0.497 e. The summed E-state index contributed by atoms with van der Waals surface area (Å²) in [5.74, 6) is 0.274. The van der Waals surface area contributed by atoms with Crippen LogP contribution in [0.25, 0.3) is 0 Å². The fourth-order valence-corrected chi connectivity index (χ4v) is 3.22. The average Bonchev–Trinajstić information content (AvgIpc) is 2.60. The van der Waals surface area contributed by atoms with Gasteiger partial charge in [0.05, 0.1) is 36.5 Å². The Morgan fingerprint density at radius 2 is 1.65 bits per heavy atom. The Balaban J connectivity index is 2.34. The SMILES string of the molecule is COc1ccc(S(=O)(=O)Nc2cc(C(=O)OC(C)C)ccc2OC)cc1. The first-order chi connectivity index (χ1) is 12.3. The molecule has 0 amide bonds. The van der Waals surface area contributed by atoms with E-state index in [-0.39, 0.29) is 28.0 Å². The van der Waals surface area contributed by atoms with Crippen molar-refractivity contribution < 1.29 is 27.4 Å². The summed E-state index contributed by atoms with van der Waals surface area (Å²) in [5, 5.41) is 0. The quantitative estimate of drug-likeness (QED) is 0.744. The van der Waals surface area contributed by atoms with Crippen molar-refractivity contribution in [2.45, 2.75) is 24.8 Å². The number of benzene rings is 2. The van der Waals surface area contributed by atoms with Crippen molar-refractivity contribution in [1.82, 2.24) is 0 Å². The maximum atomic E-state index is 12.6. The van der Waals surface area contributed by atoms with Crippen molar-refractivity contribution in [2.75, 3.05) is 18.9 Å². The highest BCUT2D eigenvalue weighted by Gasteiger charge is 2.19.